The summed E-state index contributed by atoms with van der Waals surface area (Å²) in [4.78, 5) is 0. The molecule has 0 aliphatic carbocycles. The Morgan fingerprint density at radius 3 is 2.94 bits per heavy atom. The van der Waals surface area contributed by atoms with Gasteiger partial charge in [0.1, 0.15) is 16.6 Å². The number of hydrogen-bond donors (Lipinski definition) is 2. The van der Waals surface area contributed by atoms with Crippen molar-refractivity contribution in [1.82, 2.24) is 4.37 Å². The minimum Gasteiger partial charge on any atom is -0.496 e. The van der Waals surface area contributed by atoms with Gasteiger partial charge in [-0.1, -0.05) is 18.2 Å². The van der Waals surface area contributed by atoms with E-state index in [2.05, 4.69) is 15.8 Å². The van der Waals surface area contributed by atoms with Crippen molar-refractivity contribution in [2.24, 2.45) is 0 Å². The van der Waals surface area contributed by atoms with E-state index in [0.29, 0.717) is 5.82 Å². The average molecular weight is 249 g/mol. The fraction of sp³-hybridized carbons (Fsp3) is 0.250. The molecule has 17 heavy (non-hydrogen) atoms. The van der Waals surface area contributed by atoms with Gasteiger partial charge in [-0.2, -0.15) is 4.37 Å². The summed E-state index contributed by atoms with van der Waals surface area (Å²) in [5.41, 5.74) is 6.74. The van der Waals surface area contributed by atoms with Crippen LogP contribution in [0.5, 0.6) is 5.75 Å². The maximum atomic E-state index is 5.55. The van der Waals surface area contributed by atoms with E-state index in [4.69, 9.17) is 10.5 Å². The van der Waals surface area contributed by atoms with E-state index >= 15 is 0 Å². The summed E-state index contributed by atoms with van der Waals surface area (Å²) in [5, 5.41) is 4.28. The molecule has 0 unspecified atom stereocenters. The van der Waals surface area contributed by atoms with Crippen molar-refractivity contribution in [2.75, 3.05) is 24.7 Å². The third kappa shape index (κ3) is 3.10. The topological polar surface area (TPSA) is 60.2 Å². The van der Waals surface area contributed by atoms with E-state index in [9.17, 15) is 0 Å². The fourth-order valence-corrected chi connectivity index (χ4v) is 2.20. The number of ether oxygens (including phenoxy) is 1. The first kappa shape index (κ1) is 11.7. The number of nitrogen functional groups attached to an aromatic ring is 1. The number of benzene rings is 1. The maximum absolute atomic E-state index is 5.55. The van der Waals surface area contributed by atoms with Gasteiger partial charge in [0.15, 0.2) is 0 Å². The molecule has 0 saturated carbocycles. The van der Waals surface area contributed by atoms with Crippen molar-refractivity contribution < 1.29 is 4.74 Å². The fourth-order valence-electron chi connectivity index (χ4n) is 1.60. The maximum Gasteiger partial charge on any atom is 0.139 e. The van der Waals surface area contributed by atoms with Crippen LogP contribution in [-0.2, 0) is 6.42 Å². The summed E-state index contributed by atoms with van der Waals surface area (Å²) in [5.74, 6) is 1.49. The summed E-state index contributed by atoms with van der Waals surface area (Å²) in [6.07, 6.45) is 0.905. The van der Waals surface area contributed by atoms with Crippen molar-refractivity contribution in [2.45, 2.75) is 6.42 Å². The summed E-state index contributed by atoms with van der Waals surface area (Å²) in [6, 6.07) is 9.87. The Kier molecular flexibility index (Phi) is 3.82. The Hall–Kier alpha value is -1.75. The number of para-hydroxylation sites is 1. The van der Waals surface area contributed by atoms with Crippen LogP contribution in [0, 0.1) is 0 Å². The van der Waals surface area contributed by atoms with Crippen molar-refractivity contribution in [3.63, 3.8) is 0 Å². The van der Waals surface area contributed by atoms with E-state index in [1.807, 2.05) is 24.3 Å². The lowest BCUT2D eigenvalue weighted by atomic mass is 10.1. The molecule has 3 N–H and O–H groups in total. The molecular formula is C12H15N3OS. The van der Waals surface area contributed by atoms with E-state index in [-0.39, 0.29) is 0 Å². The molecule has 1 aromatic heterocycles. The lowest BCUT2D eigenvalue weighted by molar-refractivity contribution is 0.410. The molecule has 0 aliphatic heterocycles. The monoisotopic (exact) mass is 249 g/mol. The minimum absolute atomic E-state index is 0.565. The smallest absolute Gasteiger partial charge is 0.139 e. The number of anilines is 2. The third-order valence-electron chi connectivity index (χ3n) is 2.41. The first-order valence-corrected chi connectivity index (χ1v) is 6.15. The largest absolute Gasteiger partial charge is 0.496 e. The number of aromatic nitrogens is 1. The highest BCUT2D eigenvalue weighted by molar-refractivity contribution is 7.10. The minimum atomic E-state index is 0.565. The van der Waals surface area contributed by atoms with Crippen LogP contribution in [0.1, 0.15) is 5.56 Å². The highest BCUT2D eigenvalue weighted by atomic mass is 32.1. The summed E-state index contributed by atoms with van der Waals surface area (Å²) in [7, 11) is 1.69. The molecule has 5 heteroatoms. The van der Waals surface area contributed by atoms with Gasteiger partial charge in [-0.25, -0.2) is 0 Å². The molecule has 0 saturated heterocycles. The Labute approximate surface area is 105 Å². The van der Waals surface area contributed by atoms with Gasteiger partial charge < -0.3 is 15.8 Å². The molecule has 0 atom stereocenters. The Balaban J connectivity index is 1.89. The normalized spacial score (nSPS) is 10.2. The molecule has 0 fully saturated rings. The second-order valence-corrected chi connectivity index (χ2v) is 4.41. The molecule has 4 nitrogen and oxygen atoms in total. The highest BCUT2D eigenvalue weighted by Crippen LogP contribution is 2.20. The zero-order chi connectivity index (χ0) is 12.1. The first-order valence-electron chi connectivity index (χ1n) is 5.37. The van der Waals surface area contributed by atoms with Crippen LogP contribution in [-0.4, -0.2) is 18.0 Å². The standard InChI is InChI=1S/C12H15N3OS/c1-16-10-5-3-2-4-9(10)6-7-14-12-8-11(13)15-17-12/h2-5,8,14H,6-7H2,1H3,(H2,13,15). The average Bonchev–Trinajstić information content (AvgIpc) is 2.76. The molecule has 90 valence electrons. The predicted octanol–water partition coefficient (Wildman–Crippen LogP) is 2.39. The Morgan fingerprint density at radius 2 is 2.24 bits per heavy atom. The molecule has 1 heterocycles. The number of hydrogen-bond acceptors (Lipinski definition) is 5. The van der Waals surface area contributed by atoms with Crippen LogP contribution in [0.4, 0.5) is 10.8 Å². The van der Waals surface area contributed by atoms with Gasteiger partial charge in [0.2, 0.25) is 0 Å². The molecule has 2 rings (SSSR count). The van der Waals surface area contributed by atoms with Crippen LogP contribution in [0.2, 0.25) is 0 Å². The molecule has 0 radical (unpaired) electrons. The molecule has 2 aromatic rings. The van der Waals surface area contributed by atoms with E-state index in [0.717, 1.165) is 23.7 Å². The first-order chi connectivity index (χ1) is 8.29. The lowest BCUT2D eigenvalue weighted by Crippen LogP contribution is -2.04. The number of nitrogens with one attached hydrogen (secondary N) is 1. The predicted molar refractivity (Wildman–Crippen MR) is 71.7 cm³/mol. The third-order valence-corrected chi connectivity index (χ3v) is 3.18. The van der Waals surface area contributed by atoms with E-state index in [1.54, 1.807) is 7.11 Å². The molecule has 0 bridgehead atoms. The van der Waals surface area contributed by atoms with Crippen LogP contribution in [0.3, 0.4) is 0 Å². The van der Waals surface area contributed by atoms with Gasteiger partial charge in [0.05, 0.1) is 7.11 Å². The van der Waals surface area contributed by atoms with E-state index in [1.165, 1.54) is 17.1 Å². The van der Waals surface area contributed by atoms with Gasteiger partial charge in [-0.05, 0) is 29.6 Å². The van der Waals surface area contributed by atoms with Crippen LogP contribution in [0.25, 0.3) is 0 Å². The van der Waals surface area contributed by atoms with Gasteiger partial charge in [-0.15, -0.1) is 0 Å². The summed E-state index contributed by atoms with van der Waals surface area (Å²) < 4.78 is 9.30. The molecular weight excluding hydrogens is 234 g/mol. The van der Waals surface area contributed by atoms with Crippen LogP contribution < -0.4 is 15.8 Å². The van der Waals surface area contributed by atoms with Crippen LogP contribution in [0.15, 0.2) is 30.3 Å². The quantitative estimate of drug-likeness (QED) is 0.854. The Morgan fingerprint density at radius 1 is 1.41 bits per heavy atom. The summed E-state index contributed by atoms with van der Waals surface area (Å²) >= 11 is 1.38. The van der Waals surface area contributed by atoms with Crippen molar-refractivity contribution in [3.8, 4) is 5.75 Å². The number of rotatable bonds is 5. The Bertz CT molecular complexity index is 484. The van der Waals surface area contributed by atoms with Crippen molar-refractivity contribution in [1.29, 1.82) is 0 Å². The van der Waals surface area contributed by atoms with Gasteiger partial charge in [-0.3, -0.25) is 0 Å². The molecule has 0 aliphatic rings. The lowest BCUT2D eigenvalue weighted by Gasteiger charge is -2.08. The number of methoxy groups -OCH3 is 1. The van der Waals surface area contributed by atoms with Crippen molar-refractivity contribution >= 4 is 22.4 Å². The zero-order valence-corrected chi connectivity index (χ0v) is 10.5. The molecule has 1 aromatic carbocycles. The molecule has 0 spiro atoms. The van der Waals surface area contributed by atoms with Gasteiger partial charge >= 0.3 is 0 Å². The van der Waals surface area contributed by atoms with E-state index < -0.39 is 0 Å². The van der Waals surface area contributed by atoms with Gasteiger partial charge in [0.25, 0.3) is 0 Å². The zero-order valence-electron chi connectivity index (χ0n) is 9.64. The second kappa shape index (κ2) is 5.54. The SMILES string of the molecule is COc1ccccc1CCNc1cc(N)ns1. The van der Waals surface area contributed by atoms with Crippen molar-refractivity contribution in [3.05, 3.63) is 35.9 Å². The second-order valence-electron chi connectivity index (χ2n) is 3.60. The highest BCUT2D eigenvalue weighted by Gasteiger charge is 2.02. The van der Waals surface area contributed by atoms with Crippen LogP contribution >= 0.6 is 11.5 Å². The molecule has 0 amide bonds. The number of nitrogens with zero attached hydrogens (tertiary/aromatic N) is 1. The van der Waals surface area contributed by atoms with Gasteiger partial charge in [0, 0.05) is 12.6 Å². The number of nitrogens with two attached hydrogens (primary N) is 1. The summed E-state index contributed by atoms with van der Waals surface area (Å²) in [6.45, 7) is 0.835.